The summed E-state index contributed by atoms with van der Waals surface area (Å²) in [7, 11) is 1.67. The molecule has 0 radical (unpaired) electrons. The predicted molar refractivity (Wildman–Crippen MR) is 98.8 cm³/mol. The molecule has 0 heterocycles. The number of rotatable bonds is 8. The Morgan fingerprint density at radius 2 is 1.38 bits per heavy atom. The van der Waals surface area contributed by atoms with Gasteiger partial charge in [-0.1, -0.05) is 0 Å². The summed E-state index contributed by atoms with van der Waals surface area (Å²) in [5, 5.41) is 5.41. The molecule has 0 spiro atoms. The van der Waals surface area contributed by atoms with E-state index in [2.05, 4.69) is 10.6 Å². The molecule has 26 heavy (non-hydrogen) atoms. The van der Waals surface area contributed by atoms with Gasteiger partial charge in [0, 0.05) is 11.4 Å². The summed E-state index contributed by atoms with van der Waals surface area (Å²) in [5.41, 5.74) is 1.16. The highest BCUT2D eigenvalue weighted by molar-refractivity contribution is 5.94. The van der Waals surface area contributed by atoms with Crippen LogP contribution in [-0.4, -0.2) is 43.5 Å². The fraction of sp³-hybridized carbons (Fsp3) is 0.263. The number of hydrogen-bond donors (Lipinski definition) is 2. The zero-order chi connectivity index (χ0) is 18.9. The lowest BCUT2D eigenvalue weighted by molar-refractivity contribution is -0.119. The number of carbonyl (C=O) groups excluding carboxylic acids is 2. The van der Waals surface area contributed by atoms with Crippen molar-refractivity contribution in [3.8, 4) is 5.75 Å². The van der Waals surface area contributed by atoms with Crippen LogP contribution in [0, 0.1) is 5.82 Å². The maximum atomic E-state index is 12.8. The van der Waals surface area contributed by atoms with Crippen molar-refractivity contribution in [3.05, 3.63) is 54.3 Å². The molecule has 2 amide bonds. The highest BCUT2D eigenvalue weighted by atomic mass is 19.1. The van der Waals surface area contributed by atoms with Crippen LogP contribution in [0.25, 0.3) is 0 Å². The van der Waals surface area contributed by atoms with Gasteiger partial charge in [-0.05, 0) is 62.5 Å². The van der Waals surface area contributed by atoms with Crippen LogP contribution in [0.1, 0.15) is 6.92 Å². The molecular weight excluding hydrogens is 337 g/mol. The van der Waals surface area contributed by atoms with Gasteiger partial charge in [0.25, 0.3) is 0 Å². The summed E-state index contributed by atoms with van der Waals surface area (Å²) in [6, 6.07) is 12.6. The first-order chi connectivity index (χ1) is 12.5. The molecule has 2 aromatic carbocycles. The molecule has 0 aliphatic rings. The van der Waals surface area contributed by atoms with E-state index in [-0.39, 0.29) is 30.7 Å². The number of benzene rings is 2. The number of halogens is 1. The minimum atomic E-state index is -0.369. The number of amides is 2. The van der Waals surface area contributed by atoms with Crippen molar-refractivity contribution in [2.45, 2.75) is 6.92 Å². The number of nitrogens with zero attached hydrogens (tertiary/aromatic N) is 1. The molecule has 0 fully saturated rings. The van der Waals surface area contributed by atoms with E-state index in [0.717, 1.165) is 5.75 Å². The van der Waals surface area contributed by atoms with E-state index >= 15 is 0 Å². The Morgan fingerprint density at radius 3 is 1.85 bits per heavy atom. The second kappa shape index (κ2) is 9.53. The van der Waals surface area contributed by atoms with Crippen molar-refractivity contribution in [2.24, 2.45) is 0 Å². The summed E-state index contributed by atoms with van der Waals surface area (Å²) in [6.45, 7) is 2.58. The summed E-state index contributed by atoms with van der Waals surface area (Å²) in [4.78, 5) is 25.6. The Bertz CT molecular complexity index is 733. The fourth-order valence-corrected chi connectivity index (χ4v) is 2.28. The highest BCUT2D eigenvalue weighted by Gasteiger charge is 2.11. The lowest BCUT2D eigenvalue weighted by Crippen LogP contribution is -2.36. The first-order valence-corrected chi connectivity index (χ1v) is 8.23. The summed E-state index contributed by atoms with van der Waals surface area (Å²) >= 11 is 0. The molecule has 0 aliphatic carbocycles. The maximum absolute atomic E-state index is 12.8. The first-order valence-electron chi connectivity index (χ1n) is 8.23. The quantitative estimate of drug-likeness (QED) is 0.760. The van der Waals surface area contributed by atoms with Gasteiger partial charge in [0.15, 0.2) is 0 Å². The second-order valence-electron chi connectivity index (χ2n) is 5.73. The predicted octanol–water partition coefficient (Wildman–Crippen LogP) is 2.73. The third-order valence-electron chi connectivity index (χ3n) is 3.40. The maximum Gasteiger partial charge on any atom is 0.238 e. The molecule has 0 unspecified atom stereocenters. The summed E-state index contributed by atoms with van der Waals surface area (Å²) in [5.74, 6) is -0.148. The molecule has 0 saturated heterocycles. The summed E-state index contributed by atoms with van der Waals surface area (Å²) in [6.07, 6.45) is 0. The average molecular weight is 359 g/mol. The molecule has 0 aliphatic heterocycles. The van der Waals surface area contributed by atoms with Gasteiger partial charge in [-0.15, -0.1) is 0 Å². The zero-order valence-electron chi connectivity index (χ0n) is 14.8. The van der Waals surface area contributed by atoms with Gasteiger partial charge in [-0.2, -0.15) is 0 Å². The molecular formula is C19H22FN3O3. The number of nitrogens with one attached hydrogen (secondary N) is 2. The molecule has 2 aromatic rings. The Morgan fingerprint density at radius 1 is 0.923 bits per heavy atom. The largest absolute Gasteiger partial charge is 0.494 e. The number of ether oxygens (including phenoxy) is 1. The van der Waals surface area contributed by atoms with E-state index in [1.54, 1.807) is 36.2 Å². The van der Waals surface area contributed by atoms with E-state index in [9.17, 15) is 14.0 Å². The Labute approximate surface area is 152 Å². The highest BCUT2D eigenvalue weighted by Crippen LogP contribution is 2.15. The van der Waals surface area contributed by atoms with Crippen LogP contribution >= 0.6 is 0 Å². The van der Waals surface area contributed by atoms with Crippen molar-refractivity contribution < 1.29 is 18.7 Å². The van der Waals surface area contributed by atoms with Crippen LogP contribution in [0.3, 0.4) is 0 Å². The number of carbonyl (C=O) groups is 2. The van der Waals surface area contributed by atoms with E-state index in [1.807, 2.05) is 6.92 Å². The van der Waals surface area contributed by atoms with Crippen molar-refractivity contribution in [1.82, 2.24) is 4.90 Å². The van der Waals surface area contributed by atoms with Gasteiger partial charge in [0.05, 0.1) is 19.7 Å². The van der Waals surface area contributed by atoms with Gasteiger partial charge in [0.1, 0.15) is 11.6 Å². The third kappa shape index (κ3) is 6.52. The molecule has 0 saturated carbocycles. The van der Waals surface area contributed by atoms with Gasteiger partial charge in [-0.3, -0.25) is 14.5 Å². The molecule has 2 N–H and O–H groups in total. The Hall–Kier alpha value is -2.93. The van der Waals surface area contributed by atoms with Crippen LogP contribution in [-0.2, 0) is 9.59 Å². The van der Waals surface area contributed by atoms with Crippen LogP contribution in [0.4, 0.5) is 15.8 Å². The van der Waals surface area contributed by atoms with Crippen LogP contribution in [0.15, 0.2) is 48.5 Å². The van der Waals surface area contributed by atoms with Gasteiger partial charge < -0.3 is 15.4 Å². The molecule has 138 valence electrons. The van der Waals surface area contributed by atoms with E-state index < -0.39 is 0 Å². The van der Waals surface area contributed by atoms with E-state index in [1.165, 1.54) is 24.3 Å². The van der Waals surface area contributed by atoms with Crippen LogP contribution in [0.2, 0.25) is 0 Å². The topological polar surface area (TPSA) is 70.7 Å². The molecule has 7 heteroatoms. The minimum absolute atomic E-state index is 0.0358. The molecule has 6 nitrogen and oxygen atoms in total. The van der Waals surface area contributed by atoms with Gasteiger partial charge in [-0.25, -0.2) is 4.39 Å². The standard InChI is InChI=1S/C19H22FN3O3/c1-3-26-17-10-8-16(9-11-17)22-19(25)13-23(2)12-18(24)21-15-6-4-14(20)5-7-15/h4-11H,3,12-13H2,1-2H3,(H,21,24)(H,22,25). The monoisotopic (exact) mass is 359 g/mol. The van der Waals surface area contributed by atoms with E-state index in [4.69, 9.17) is 4.74 Å². The second-order valence-corrected chi connectivity index (χ2v) is 5.73. The normalized spacial score (nSPS) is 10.5. The van der Waals surface area contributed by atoms with Crippen LogP contribution in [0.5, 0.6) is 5.75 Å². The Balaban J connectivity index is 1.77. The minimum Gasteiger partial charge on any atom is -0.494 e. The molecule has 2 rings (SSSR count). The fourth-order valence-electron chi connectivity index (χ4n) is 2.28. The van der Waals surface area contributed by atoms with Crippen molar-refractivity contribution in [3.63, 3.8) is 0 Å². The molecule has 0 aromatic heterocycles. The van der Waals surface area contributed by atoms with Gasteiger partial charge >= 0.3 is 0 Å². The lowest BCUT2D eigenvalue weighted by atomic mass is 10.3. The average Bonchev–Trinajstić information content (AvgIpc) is 2.58. The molecule has 0 atom stereocenters. The molecule has 0 bridgehead atoms. The van der Waals surface area contributed by atoms with Crippen molar-refractivity contribution in [1.29, 1.82) is 0 Å². The smallest absolute Gasteiger partial charge is 0.238 e. The van der Waals surface area contributed by atoms with Crippen molar-refractivity contribution >= 4 is 23.2 Å². The van der Waals surface area contributed by atoms with Gasteiger partial charge in [0.2, 0.25) is 11.8 Å². The van der Waals surface area contributed by atoms with E-state index in [0.29, 0.717) is 18.0 Å². The lowest BCUT2D eigenvalue weighted by Gasteiger charge is -2.16. The summed E-state index contributed by atoms with van der Waals surface area (Å²) < 4.78 is 18.2. The first kappa shape index (κ1) is 19.4. The van der Waals surface area contributed by atoms with Crippen molar-refractivity contribution in [2.75, 3.05) is 37.4 Å². The number of likely N-dealkylation sites (N-methyl/N-ethyl adjacent to an activating group) is 1. The number of hydrogen-bond acceptors (Lipinski definition) is 4. The number of anilines is 2. The SMILES string of the molecule is CCOc1ccc(NC(=O)CN(C)CC(=O)Nc2ccc(F)cc2)cc1. The van der Waals surface area contributed by atoms with Crippen LogP contribution < -0.4 is 15.4 Å². The zero-order valence-corrected chi connectivity index (χ0v) is 14.8. The third-order valence-corrected chi connectivity index (χ3v) is 3.40. The Kier molecular flexibility index (Phi) is 7.11.